The van der Waals surface area contributed by atoms with Gasteiger partial charge in [-0.1, -0.05) is 53.7 Å². The van der Waals surface area contributed by atoms with Crippen LogP contribution in [0.3, 0.4) is 0 Å². The van der Waals surface area contributed by atoms with Gasteiger partial charge in [0, 0.05) is 34.5 Å². The topological polar surface area (TPSA) is 102 Å². The number of rotatable bonds is 12. The molecule has 10 heteroatoms. The number of anilines is 1. The molecule has 3 aromatic rings. The summed E-state index contributed by atoms with van der Waals surface area (Å²) in [4.78, 5) is 22.1. The van der Waals surface area contributed by atoms with Crippen LogP contribution in [0.4, 0.5) is 5.82 Å². The van der Waals surface area contributed by atoms with Gasteiger partial charge in [0.05, 0.1) is 18.2 Å². The summed E-state index contributed by atoms with van der Waals surface area (Å²) in [5.41, 5.74) is 3.27. The number of aliphatic hydroxyl groups excluding tert-OH is 1. The molecule has 1 aromatic carbocycles. The van der Waals surface area contributed by atoms with E-state index < -0.39 is 8.32 Å². The zero-order valence-corrected chi connectivity index (χ0v) is 27.5. The first kappa shape index (κ1) is 30.8. The average Bonchev–Trinajstić information content (AvgIpc) is 3.53. The van der Waals surface area contributed by atoms with Crippen molar-refractivity contribution in [2.75, 3.05) is 11.9 Å². The van der Waals surface area contributed by atoms with Gasteiger partial charge in [0.2, 0.25) is 14.1 Å². The van der Waals surface area contributed by atoms with E-state index in [0.29, 0.717) is 40.2 Å². The highest BCUT2D eigenvalue weighted by molar-refractivity contribution is 14.1. The molecule has 1 saturated carbocycles. The maximum atomic E-state index is 13.5. The maximum absolute atomic E-state index is 13.5. The molecule has 0 bridgehead atoms. The summed E-state index contributed by atoms with van der Waals surface area (Å²) in [5, 5.41) is 18.3. The first-order valence-corrected chi connectivity index (χ1v) is 17.4. The van der Waals surface area contributed by atoms with Crippen molar-refractivity contribution in [3.63, 3.8) is 0 Å². The van der Waals surface area contributed by atoms with Gasteiger partial charge >= 0.3 is 0 Å². The Morgan fingerprint density at radius 2 is 1.88 bits per heavy atom. The molecule has 1 aliphatic rings. The Kier molecular flexibility index (Phi) is 10.2. The maximum Gasteiger partial charge on any atom is 0.218 e. The van der Waals surface area contributed by atoms with Gasteiger partial charge in [-0.05, 0) is 75.8 Å². The van der Waals surface area contributed by atoms with E-state index in [1.807, 2.05) is 24.4 Å². The van der Waals surface area contributed by atoms with Gasteiger partial charge in [-0.25, -0.2) is 9.97 Å². The van der Waals surface area contributed by atoms with E-state index in [0.717, 1.165) is 22.0 Å². The second-order valence-corrected chi connectivity index (χ2v) is 18.5. The largest absolute Gasteiger partial charge is 0.413 e. The SMILES string of the molecule is CC(C)[Si](O[C@H]1C[C@H](Nc2ncncc2C(=O)c2ccn(Cc3cccc(I)c3)n2)C[C@@H]1CO)(C(C)C)C(C)C. The van der Waals surface area contributed by atoms with Gasteiger partial charge in [-0.3, -0.25) is 9.48 Å². The molecule has 0 radical (unpaired) electrons. The van der Waals surface area contributed by atoms with Crippen LogP contribution in [0.15, 0.2) is 49.1 Å². The van der Waals surface area contributed by atoms with Crippen LogP contribution in [0.1, 0.15) is 76.0 Å². The predicted octanol–water partition coefficient (Wildman–Crippen LogP) is 6.30. The van der Waals surface area contributed by atoms with Crippen molar-refractivity contribution >= 4 is 42.5 Å². The highest BCUT2D eigenvalue weighted by Crippen LogP contribution is 2.46. The third kappa shape index (κ3) is 6.66. The van der Waals surface area contributed by atoms with Crippen LogP contribution in [0.2, 0.25) is 16.6 Å². The first-order valence-electron chi connectivity index (χ1n) is 14.2. The molecule has 2 N–H and O–H groups in total. The van der Waals surface area contributed by atoms with Gasteiger partial charge < -0.3 is 14.8 Å². The number of hydrogen-bond acceptors (Lipinski definition) is 7. The number of benzene rings is 1. The molecule has 0 saturated heterocycles. The lowest BCUT2D eigenvalue weighted by molar-refractivity contribution is 0.0941. The Morgan fingerprint density at radius 1 is 1.15 bits per heavy atom. The third-order valence-electron chi connectivity index (χ3n) is 8.33. The van der Waals surface area contributed by atoms with Gasteiger partial charge in [0.15, 0.2) is 0 Å². The zero-order valence-electron chi connectivity index (χ0n) is 24.3. The van der Waals surface area contributed by atoms with E-state index in [-0.39, 0.29) is 30.5 Å². The number of hydrogen-bond donors (Lipinski definition) is 2. The summed E-state index contributed by atoms with van der Waals surface area (Å²) in [6.45, 7) is 14.4. The minimum Gasteiger partial charge on any atom is -0.413 e. The van der Waals surface area contributed by atoms with E-state index in [1.54, 1.807) is 16.9 Å². The molecular weight excluding hydrogens is 633 g/mol. The van der Waals surface area contributed by atoms with Crippen molar-refractivity contribution in [3.8, 4) is 0 Å². The Balaban J connectivity index is 1.49. The number of nitrogens with zero attached hydrogens (tertiary/aromatic N) is 4. The number of aromatic nitrogens is 4. The van der Waals surface area contributed by atoms with Crippen LogP contribution in [0, 0.1) is 9.49 Å². The van der Waals surface area contributed by atoms with Crippen LogP contribution in [0.25, 0.3) is 0 Å². The quantitative estimate of drug-likeness (QED) is 0.132. The van der Waals surface area contributed by atoms with Gasteiger partial charge in [0.25, 0.3) is 0 Å². The molecule has 2 aromatic heterocycles. The van der Waals surface area contributed by atoms with E-state index in [4.69, 9.17) is 4.43 Å². The number of nitrogens with one attached hydrogen (secondary N) is 1. The molecule has 4 rings (SSSR count). The molecule has 216 valence electrons. The smallest absolute Gasteiger partial charge is 0.218 e. The number of carbonyl (C=O) groups is 1. The summed E-state index contributed by atoms with van der Waals surface area (Å²) < 4.78 is 10.0. The molecule has 8 nitrogen and oxygen atoms in total. The van der Waals surface area contributed by atoms with Gasteiger partial charge in [-0.15, -0.1) is 0 Å². The van der Waals surface area contributed by atoms with Crippen LogP contribution in [-0.2, 0) is 11.0 Å². The third-order valence-corrected chi connectivity index (χ3v) is 15.1. The van der Waals surface area contributed by atoms with Crippen molar-refractivity contribution in [1.82, 2.24) is 19.7 Å². The van der Waals surface area contributed by atoms with Crippen LogP contribution in [-0.4, -0.2) is 57.7 Å². The highest BCUT2D eigenvalue weighted by Gasteiger charge is 2.49. The lowest BCUT2D eigenvalue weighted by Crippen LogP contribution is -2.51. The van der Waals surface area contributed by atoms with Crippen molar-refractivity contribution < 1.29 is 14.3 Å². The van der Waals surface area contributed by atoms with Crippen LogP contribution < -0.4 is 5.32 Å². The van der Waals surface area contributed by atoms with Crippen molar-refractivity contribution in [3.05, 3.63) is 69.4 Å². The highest BCUT2D eigenvalue weighted by atomic mass is 127. The van der Waals surface area contributed by atoms with Gasteiger partial charge in [0.1, 0.15) is 17.8 Å². The Morgan fingerprint density at radius 3 is 2.52 bits per heavy atom. The average molecular weight is 676 g/mol. The number of halogens is 1. The van der Waals surface area contributed by atoms with Gasteiger partial charge in [-0.2, -0.15) is 5.10 Å². The van der Waals surface area contributed by atoms with E-state index in [9.17, 15) is 9.90 Å². The summed E-state index contributed by atoms with van der Waals surface area (Å²) in [6, 6.07) is 9.98. The number of carbonyl (C=O) groups excluding carboxylic acids is 1. The lowest BCUT2D eigenvalue weighted by atomic mass is 10.1. The first-order chi connectivity index (χ1) is 19.0. The van der Waals surface area contributed by atoms with Crippen molar-refractivity contribution in [1.29, 1.82) is 0 Å². The molecule has 2 heterocycles. The number of ketones is 1. The summed E-state index contributed by atoms with van der Waals surface area (Å²) in [6.07, 6.45) is 6.31. The Bertz CT molecular complexity index is 1280. The van der Waals surface area contributed by atoms with E-state index in [1.165, 1.54) is 6.33 Å². The fourth-order valence-electron chi connectivity index (χ4n) is 6.55. The van der Waals surface area contributed by atoms with Crippen LogP contribution >= 0.6 is 22.6 Å². The molecular formula is C30H42IN5O3Si. The van der Waals surface area contributed by atoms with Crippen molar-refractivity contribution in [2.45, 2.75) is 89.7 Å². The lowest BCUT2D eigenvalue weighted by Gasteiger charge is -2.45. The Hall–Kier alpha value is -2.15. The molecule has 40 heavy (non-hydrogen) atoms. The van der Waals surface area contributed by atoms with Crippen LogP contribution in [0.5, 0.6) is 0 Å². The molecule has 0 spiro atoms. The second-order valence-electron chi connectivity index (χ2n) is 11.9. The molecule has 0 unspecified atom stereocenters. The van der Waals surface area contributed by atoms with E-state index in [2.05, 4.69) is 90.6 Å². The molecule has 0 amide bonds. The predicted molar refractivity (Wildman–Crippen MR) is 169 cm³/mol. The number of aliphatic hydroxyl groups is 1. The fourth-order valence-corrected chi connectivity index (χ4v) is 12.8. The molecule has 1 aliphatic carbocycles. The summed E-state index contributed by atoms with van der Waals surface area (Å²) >= 11 is 2.29. The second kappa shape index (κ2) is 13.2. The van der Waals surface area contributed by atoms with E-state index >= 15 is 0 Å². The fraction of sp³-hybridized carbons (Fsp3) is 0.533. The standard InChI is InChI=1S/C30H42IN5O3Si/c1-19(2)40(20(3)4,21(5)6)39-28-14-25(13-23(28)17-37)34-30-26(15-32-18-33-30)29(38)27-10-11-36(35-27)16-22-8-7-9-24(31)12-22/h7-12,15,18-21,23,25,28,37H,13-14,16-17H2,1-6H3,(H,32,33,34)/t23-,25-,28+/m1/s1. The molecule has 3 atom stereocenters. The minimum absolute atomic E-state index is 0.0277. The monoisotopic (exact) mass is 675 g/mol. The molecule has 0 aliphatic heterocycles. The zero-order chi connectivity index (χ0) is 29.0. The normalized spacial score (nSPS) is 19.6. The molecule has 1 fully saturated rings. The minimum atomic E-state index is -2.10. The summed E-state index contributed by atoms with van der Waals surface area (Å²) in [7, 11) is -2.10. The Labute approximate surface area is 252 Å². The summed E-state index contributed by atoms with van der Waals surface area (Å²) in [5.74, 6) is 0.313. The van der Waals surface area contributed by atoms with Crippen molar-refractivity contribution in [2.24, 2.45) is 5.92 Å².